The summed E-state index contributed by atoms with van der Waals surface area (Å²) in [5.41, 5.74) is 0. The van der Waals surface area contributed by atoms with Crippen LogP contribution in [0.5, 0.6) is 0 Å². The molecular weight excluding hydrogens is 244 g/mol. The molecule has 0 saturated carbocycles. The molecule has 0 aromatic carbocycles. The smallest absolute Gasteiger partial charge is 0.790 e. The second kappa shape index (κ2) is 9.14. The van der Waals surface area contributed by atoms with Crippen molar-refractivity contribution in [3.63, 3.8) is 0 Å². The van der Waals surface area contributed by atoms with Crippen molar-refractivity contribution in [2.75, 3.05) is 0 Å². The van der Waals surface area contributed by atoms with E-state index in [0.29, 0.717) is 0 Å². The summed E-state index contributed by atoms with van der Waals surface area (Å²) >= 11 is 0. The van der Waals surface area contributed by atoms with Crippen LogP contribution in [0.2, 0.25) is 0 Å². The fourth-order valence-corrected chi connectivity index (χ4v) is 0. The molecule has 0 rings (SSSR count). The van der Waals surface area contributed by atoms with E-state index in [1.165, 1.54) is 0 Å². The number of hydrogen-bond donors (Lipinski definition) is 4. The molecule has 0 aromatic heterocycles. The van der Waals surface area contributed by atoms with Crippen molar-refractivity contribution in [3.05, 3.63) is 0 Å². The quantitative estimate of drug-likeness (QED) is 0.186. The Labute approximate surface area is 111 Å². The minimum Gasteiger partial charge on any atom is -0.790 e. The Bertz CT molecular complexity index is 197. The molecule has 0 aliphatic rings. The van der Waals surface area contributed by atoms with E-state index < -0.39 is 18.2 Å². The van der Waals surface area contributed by atoms with E-state index in [1.807, 2.05) is 0 Å². The van der Waals surface area contributed by atoms with Crippen molar-refractivity contribution in [2.24, 2.45) is 0 Å². The maximum atomic E-state index is 8.74. The van der Waals surface area contributed by atoms with Crippen molar-refractivity contribution in [1.82, 2.24) is 6.15 Å². The van der Waals surface area contributed by atoms with Crippen LogP contribution in [0.15, 0.2) is 0 Å². The topological polar surface area (TPSA) is 195 Å². The Morgan fingerprint density at radius 2 is 1.17 bits per heavy atom. The molecule has 7 N–H and O–H groups in total. The maximum absolute atomic E-state index is 8.74. The summed E-state index contributed by atoms with van der Waals surface area (Å²) in [4.78, 5) is 24.3. The zero-order chi connectivity index (χ0) is 9.00. The SMILES string of the molecule is O=P([O-])([O-])O.O=S(=O)(O)O.[K+].[NH4+]. The number of phosphoric acid groups is 1. The van der Waals surface area contributed by atoms with Gasteiger partial charge < -0.3 is 25.4 Å². The second-order valence-corrected chi connectivity index (χ2v) is 2.75. The molecule has 9 nitrogen and oxygen atoms in total. The second-order valence-electron chi connectivity index (χ2n) is 0.916. The first-order valence-corrected chi connectivity index (χ1v) is 4.34. The van der Waals surface area contributed by atoms with E-state index in [0.717, 1.165) is 0 Å². The summed E-state index contributed by atoms with van der Waals surface area (Å²) < 4.78 is 40.2. The third-order valence-corrected chi connectivity index (χ3v) is 0. The van der Waals surface area contributed by atoms with Crippen LogP contribution in [-0.2, 0) is 15.0 Å². The van der Waals surface area contributed by atoms with Crippen molar-refractivity contribution in [1.29, 1.82) is 0 Å². The molecule has 0 radical (unpaired) electrons. The Kier molecular flexibility index (Phi) is 17.8. The van der Waals surface area contributed by atoms with E-state index in [9.17, 15) is 0 Å². The van der Waals surface area contributed by atoms with Gasteiger partial charge in [0.2, 0.25) is 0 Å². The Morgan fingerprint density at radius 3 is 1.17 bits per heavy atom. The van der Waals surface area contributed by atoms with Gasteiger partial charge in [0.05, 0.1) is 7.82 Å². The van der Waals surface area contributed by atoms with Crippen LogP contribution in [0.3, 0.4) is 0 Å². The average molecular weight is 251 g/mol. The van der Waals surface area contributed by atoms with Crippen LogP contribution >= 0.6 is 7.82 Å². The van der Waals surface area contributed by atoms with Crippen LogP contribution in [-0.4, -0.2) is 22.4 Å². The fraction of sp³-hybridized carbons (Fsp3) is 0. The first-order chi connectivity index (χ1) is 4.00. The van der Waals surface area contributed by atoms with Crippen LogP contribution in [0.4, 0.5) is 0 Å². The largest absolute Gasteiger partial charge is 1.00 e. The van der Waals surface area contributed by atoms with Gasteiger partial charge in [0, 0.05) is 0 Å². The summed E-state index contributed by atoms with van der Waals surface area (Å²) in [6.45, 7) is 0. The van der Waals surface area contributed by atoms with Gasteiger partial charge in [-0.3, -0.25) is 9.11 Å². The van der Waals surface area contributed by atoms with E-state index in [4.69, 9.17) is 36.8 Å². The van der Waals surface area contributed by atoms with Crippen molar-refractivity contribution in [3.8, 4) is 0 Å². The molecule has 0 aromatic rings. The molecular formula is H7KNO8PS. The van der Waals surface area contributed by atoms with Gasteiger partial charge in [0.15, 0.2) is 0 Å². The molecule has 12 heavy (non-hydrogen) atoms. The van der Waals surface area contributed by atoms with Gasteiger partial charge in [0.1, 0.15) is 0 Å². The van der Waals surface area contributed by atoms with Crippen molar-refractivity contribution >= 4 is 18.2 Å². The van der Waals surface area contributed by atoms with Gasteiger partial charge in [-0.2, -0.15) is 8.42 Å². The predicted octanol–water partition coefficient (Wildman–Crippen LogP) is -5.47. The fourth-order valence-electron chi connectivity index (χ4n) is 0. The molecule has 0 aliphatic heterocycles. The average Bonchev–Trinajstić information content (AvgIpc) is 1.12. The first kappa shape index (κ1) is 23.4. The van der Waals surface area contributed by atoms with Crippen LogP contribution in [0.25, 0.3) is 0 Å². The normalized spacial score (nSPS) is 9.75. The minimum absolute atomic E-state index is 0. The summed E-state index contributed by atoms with van der Waals surface area (Å²) in [6.07, 6.45) is 0. The maximum Gasteiger partial charge on any atom is 1.00 e. The third kappa shape index (κ3) is 521. The molecule has 0 amide bonds. The number of rotatable bonds is 0. The van der Waals surface area contributed by atoms with Crippen molar-refractivity contribution in [2.45, 2.75) is 0 Å². The number of hydrogen-bond acceptors (Lipinski definition) is 5. The standard InChI is InChI=1S/K.H3N.H3O4P.H2O4S/c;;2*1-5(2,3)4/h;1H3;(H3,1,2,3,4);(H2,1,2,3,4)/q+1;;;/p-1. The van der Waals surface area contributed by atoms with E-state index in [1.54, 1.807) is 0 Å². The molecule has 0 aliphatic carbocycles. The molecule has 0 bridgehead atoms. The van der Waals surface area contributed by atoms with Gasteiger partial charge in [-0.1, -0.05) is 0 Å². The Hall–Kier alpha value is 1.58. The monoisotopic (exact) mass is 251 g/mol. The van der Waals surface area contributed by atoms with E-state index in [2.05, 4.69) is 0 Å². The van der Waals surface area contributed by atoms with Crippen molar-refractivity contribution < 1.29 is 88.2 Å². The molecule has 0 atom stereocenters. The van der Waals surface area contributed by atoms with Gasteiger partial charge >= 0.3 is 61.8 Å². The summed E-state index contributed by atoms with van der Waals surface area (Å²) in [6, 6.07) is 0. The molecule has 0 spiro atoms. The molecule has 0 heterocycles. The molecule has 12 heteroatoms. The third-order valence-electron chi connectivity index (χ3n) is 0. The van der Waals surface area contributed by atoms with Gasteiger partial charge in [0.25, 0.3) is 0 Å². The van der Waals surface area contributed by atoms with Crippen LogP contribution < -0.4 is 67.3 Å². The summed E-state index contributed by atoms with van der Waals surface area (Å²) in [7, 11) is -9.81. The molecule has 0 unspecified atom stereocenters. The molecule has 0 fully saturated rings. The van der Waals surface area contributed by atoms with E-state index in [-0.39, 0.29) is 57.5 Å². The number of quaternary nitrogens is 1. The predicted molar refractivity (Wildman–Crippen MR) is 30.0 cm³/mol. The zero-order valence-corrected chi connectivity index (χ0v) is 11.1. The molecule has 72 valence electrons. The van der Waals surface area contributed by atoms with E-state index >= 15 is 0 Å². The minimum atomic E-state index is -5.14. The van der Waals surface area contributed by atoms with Gasteiger partial charge in [-0.05, 0) is 0 Å². The summed E-state index contributed by atoms with van der Waals surface area (Å²) in [5, 5.41) is 0. The Morgan fingerprint density at radius 1 is 1.17 bits per heavy atom. The first-order valence-electron chi connectivity index (χ1n) is 1.45. The zero-order valence-electron chi connectivity index (χ0n) is 6.24. The van der Waals surface area contributed by atoms with Gasteiger partial charge in [-0.25, -0.2) is 0 Å². The summed E-state index contributed by atoms with van der Waals surface area (Å²) in [5.74, 6) is 0. The molecule has 0 saturated heterocycles. The Balaban J connectivity index is -0.0000000457. The van der Waals surface area contributed by atoms with Gasteiger partial charge in [-0.15, -0.1) is 0 Å². The van der Waals surface area contributed by atoms with Crippen LogP contribution in [0, 0.1) is 0 Å². The van der Waals surface area contributed by atoms with Crippen LogP contribution in [0.1, 0.15) is 0 Å².